The van der Waals surface area contributed by atoms with Crippen molar-refractivity contribution < 1.29 is 9.72 Å². The molecule has 0 spiro atoms. The number of hydrogen-bond acceptors (Lipinski definition) is 4. The number of hydrogen-bond donors (Lipinski definition) is 1. The third-order valence-corrected chi connectivity index (χ3v) is 2.06. The predicted molar refractivity (Wildman–Crippen MR) is 61.8 cm³/mol. The van der Waals surface area contributed by atoms with Crippen molar-refractivity contribution in [3.8, 4) is 0 Å². The number of nitrogens with one attached hydrogen (secondary N) is 1. The Kier molecular flexibility index (Phi) is 3.99. The van der Waals surface area contributed by atoms with Gasteiger partial charge in [0.25, 0.3) is 5.69 Å². The minimum absolute atomic E-state index is 0.0646. The Balaban J connectivity index is 2.98. The molecule has 0 aliphatic heterocycles. The van der Waals surface area contributed by atoms with Gasteiger partial charge in [0.15, 0.2) is 0 Å². The third kappa shape index (κ3) is 3.05. The molecule has 5 nitrogen and oxygen atoms in total. The molecule has 5 heteroatoms. The van der Waals surface area contributed by atoms with Crippen LogP contribution >= 0.6 is 0 Å². The first-order valence-electron chi connectivity index (χ1n) is 5.02. The molecule has 0 aromatic heterocycles. The number of carbonyl (C=O) groups is 1. The largest absolute Gasteiger partial charge is 0.379 e. The van der Waals surface area contributed by atoms with E-state index in [4.69, 9.17) is 0 Å². The minimum Gasteiger partial charge on any atom is -0.379 e. The first-order valence-corrected chi connectivity index (χ1v) is 5.02. The van der Waals surface area contributed by atoms with Crippen LogP contribution < -0.4 is 5.32 Å². The van der Waals surface area contributed by atoms with Gasteiger partial charge in [-0.05, 0) is 18.1 Å². The van der Waals surface area contributed by atoms with Gasteiger partial charge in [-0.15, -0.1) is 0 Å². The number of nitrogens with zero attached hydrogens (tertiary/aromatic N) is 1. The molecule has 0 saturated heterocycles. The van der Waals surface area contributed by atoms with E-state index in [1.54, 1.807) is 12.1 Å². The molecule has 0 atom stereocenters. The van der Waals surface area contributed by atoms with Crippen molar-refractivity contribution in [3.63, 3.8) is 0 Å². The van der Waals surface area contributed by atoms with E-state index < -0.39 is 4.92 Å². The minimum atomic E-state index is -0.490. The molecule has 0 unspecified atom stereocenters. The maximum absolute atomic E-state index is 10.8. The van der Waals surface area contributed by atoms with Gasteiger partial charge in [0.2, 0.25) is 0 Å². The van der Waals surface area contributed by atoms with Crippen molar-refractivity contribution in [1.82, 2.24) is 0 Å². The molecule has 16 heavy (non-hydrogen) atoms. The SMILES string of the molecule is CC(C)CNc1ccc(C=O)cc1[N+](=O)[O-]. The molecule has 0 radical (unpaired) electrons. The highest BCUT2D eigenvalue weighted by molar-refractivity contribution is 5.79. The van der Waals surface area contributed by atoms with E-state index in [-0.39, 0.29) is 5.69 Å². The van der Waals surface area contributed by atoms with Crippen LogP contribution in [0.1, 0.15) is 24.2 Å². The van der Waals surface area contributed by atoms with Crippen molar-refractivity contribution in [2.75, 3.05) is 11.9 Å². The lowest BCUT2D eigenvalue weighted by molar-refractivity contribution is -0.384. The van der Waals surface area contributed by atoms with E-state index >= 15 is 0 Å². The number of anilines is 1. The highest BCUT2D eigenvalue weighted by Crippen LogP contribution is 2.25. The van der Waals surface area contributed by atoms with Crippen LogP contribution in [0.15, 0.2) is 18.2 Å². The second-order valence-corrected chi connectivity index (χ2v) is 3.93. The highest BCUT2D eigenvalue weighted by Gasteiger charge is 2.14. The van der Waals surface area contributed by atoms with Gasteiger partial charge in [0, 0.05) is 18.2 Å². The van der Waals surface area contributed by atoms with E-state index in [2.05, 4.69) is 5.32 Å². The lowest BCUT2D eigenvalue weighted by Crippen LogP contribution is -2.09. The lowest BCUT2D eigenvalue weighted by atomic mass is 10.1. The third-order valence-electron chi connectivity index (χ3n) is 2.06. The number of benzene rings is 1. The molecule has 0 saturated carbocycles. The predicted octanol–water partition coefficient (Wildman–Crippen LogP) is 2.48. The Bertz CT molecular complexity index is 402. The summed E-state index contributed by atoms with van der Waals surface area (Å²) >= 11 is 0. The molecule has 1 N–H and O–H groups in total. The summed E-state index contributed by atoms with van der Waals surface area (Å²) in [6.07, 6.45) is 0.596. The molecular formula is C11H14N2O3. The van der Waals surface area contributed by atoms with Crippen molar-refractivity contribution in [2.45, 2.75) is 13.8 Å². The molecule has 1 aromatic rings. The summed E-state index contributed by atoms with van der Waals surface area (Å²) in [4.78, 5) is 20.8. The molecule has 1 aromatic carbocycles. The fourth-order valence-electron chi connectivity index (χ4n) is 1.24. The zero-order valence-corrected chi connectivity index (χ0v) is 9.27. The molecule has 0 amide bonds. The van der Waals surface area contributed by atoms with Crippen LogP contribution in [0.4, 0.5) is 11.4 Å². The monoisotopic (exact) mass is 222 g/mol. The van der Waals surface area contributed by atoms with E-state index in [0.717, 1.165) is 0 Å². The first kappa shape index (κ1) is 12.2. The number of nitro groups is 1. The normalized spacial score (nSPS) is 10.2. The van der Waals surface area contributed by atoms with E-state index in [0.29, 0.717) is 30.0 Å². The maximum atomic E-state index is 10.8. The molecule has 86 valence electrons. The van der Waals surface area contributed by atoms with Crippen LogP contribution in [0, 0.1) is 16.0 Å². The fraction of sp³-hybridized carbons (Fsp3) is 0.364. The number of aldehydes is 1. The average molecular weight is 222 g/mol. The first-order chi connectivity index (χ1) is 7.54. The van der Waals surface area contributed by atoms with Crippen molar-refractivity contribution in [1.29, 1.82) is 0 Å². The van der Waals surface area contributed by atoms with E-state index in [1.807, 2.05) is 13.8 Å². The average Bonchev–Trinajstić information content (AvgIpc) is 2.25. The Hall–Kier alpha value is -1.91. The topological polar surface area (TPSA) is 72.2 Å². The summed E-state index contributed by atoms with van der Waals surface area (Å²) in [5, 5.41) is 13.8. The zero-order valence-electron chi connectivity index (χ0n) is 9.27. The Labute approximate surface area is 93.6 Å². The number of nitro benzene ring substituents is 1. The molecule has 0 aliphatic carbocycles. The second kappa shape index (κ2) is 5.25. The van der Waals surface area contributed by atoms with Crippen LogP contribution in [0.5, 0.6) is 0 Å². The zero-order chi connectivity index (χ0) is 12.1. The van der Waals surface area contributed by atoms with Crippen molar-refractivity contribution >= 4 is 17.7 Å². The van der Waals surface area contributed by atoms with Gasteiger partial charge in [0.1, 0.15) is 12.0 Å². The Morgan fingerprint density at radius 1 is 1.50 bits per heavy atom. The molecule has 1 rings (SSSR count). The van der Waals surface area contributed by atoms with Gasteiger partial charge in [-0.25, -0.2) is 0 Å². The standard InChI is InChI=1S/C11H14N2O3/c1-8(2)6-12-10-4-3-9(7-14)5-11(10)13(15)16/h3-5,7-8,12H,6H2,1-2H3. The van der Waals surface area contributed by atoms with Crippen molar-refractivity contribution in [3.05, 3.63) is 33.9 Å². The quantitative estimate of drug-likeness (QED) is 0.472. The number of carbonyl (C=O) groups excluding carboxylic acids is 1. The van der Waals surface area contributed by atoms with Gasteiger partial charge in [-0.1, -0.05) is 13.8 Å². The lowest BCUT2D eigenvalue weighted by Gasteiger charge is -2.09. The van der Waals surface area contributed by atoms with Gasteiger partial charge in [-0.3, -0.25) is 14.9 Å². The molecular weight excluding hydrogens is 208 g/mol. The van der Waals surface area contributed by atoms with Gasteiger partial charge >= 0.3 is 0 Å². The summed E-state index contributed by atoms with van der Waals surface area (Å²) in [5.41, 5.74) is 0.691. The Morgan fingerprint density at radius 3 is 2.69 bits per heavy atom. The molecule has 0 aliphatic rings. The number of rotatable bonds is 5. The summed E-state index contributed by atoms with van der Waals surface area (Å²) in [5.74, 6) is 0.394. The molecule has 0 fully saturated rings. The van der Waals surface area contributed by atoms with Crippen LogP contribution in [0.2, 0.25) is 0 Å². The van der Waals surface area contributed by atoms with Gasteiger partial charge in [0.05, 0.1) is 4.92 Å². The highest BCUT2D eigenvalue weighted by atomic mass is 16.6. The smallest absolute Gasteiger partial charge is 0.293 e. The molecule has 0 bridgehead atoms. The summed E-state index contributed by atoms with van der Waals surface area (Å²) in [6, 6.07) is 4.39. The second-order valence-electron chi connectivity index (χ2n) is 3.93. The van der Waals surface area contributed by atoms with Gasteiger partial charge in [-0.2, -0.15) is 0 Å². The van der Waals surface area contributed by atoms with Crippen LogP contribution in [-0.2, 0) is 0 Å². The van der Waals surface area contributed by atoms with Crippen LogP contribution in [0.25, 0.3) is 0 Å². The Morgan fingerprint density at radius 2 is 2.19 bits per heavy atom. The van der Waals surface area contributed by atoms with Gasteiger partial charge < -0.3 is 5.32 Å². The maximum Gasteiger partial charge on any atom is 0.293 e. The van der Waals surface area contributed by atoms with Crippen molar-refractivity contribution in [2.24, 2.45) is 5.92 Å². The van der Waals surface area contributed by atoms with Crippen LogP contribution in [-0.4, -0.2) is 17.8 Å². The molecule has 0 heterocycles. The summed E-state index contributed by atoms with van der Waals surface area (Å²) < 4.78 is 0. The fourth-order valence-corrected chi connectivity index (χ4v) is 1.24. The van der Waals surface area contributed by atoms with E-state index in [9.17, 15) is 14.9 Å². The van der Waals surface area contributed by atoms with E-state index in [1.165, 1.54) is 6.07 Å². The van der Waals surface area contributed by atoms with Crippen LogP contribution in [0.3, 0.4) is 0 Å². The summed E-state index contributed by atoms with van der Waals surface area (Å²) in [6.45, 7) is 4.68. The summed E-state index contributed by atoms with van der Waals surface area (Å²) in [7, 11) is 0.